The quantitative estimate of drug-likeness (QED) is 0.389. The molecule has 1 N–H and O–H groups in total. The summed E-state index contributed by atoms with van der Waals surface area (Å²) in [7, 11) is 0. The maximum Gasteiger partial charge on any atom is 0.0567 e. The minimum Gasteiger partial charge on any atom is -0.303 e. The Morgan fingerprint density at radius 2 is 1.30 bits per heavy atom. The van der Waals surface area contributed by atoms with E-state index >= 15 is 0 Å². The summed E-state index contributed by atoms with van der Waals surface area (Å²) in [5, 5.41) is 3.65. The van der Waals surface area contributed by atoms with Gasteiger partial charge in [0.15, 0.2) is 0 Å². The van der Waals surface area contributed by atoms with E-state index < -0.39 is 0 Å². The molecule has 0 aromatic heterocycles. The van der Waals surface area contributed by atoms with Gasteiger partial charge in [0.05, 0.1) is 6.17 Å². The first-order chi connectivity index (χ1) is 9.69. The summed E-state index contributed by atoms with van der Waals surface area (Å²) in [4.78, 5) is 5.11. The van der Waals surface area contributed by atoms with Crippen molar-refractivity contribution < 1.29 is 0 Å². The fourth-order valence-electron chi connectivity index (χ4n) is 2.61. The van der Waals surface area contributed by atoms with Crippen LogP contribution in [0.2, 0.25) is 0 Å². The fraction of sp³-hybridized carbons (Fsp3) is 1.00. The van der Waals surface area contributed by atoms with Crippen LogP contribution in [0, 0.1) is 0 Å². The van der Waals surface area contributed by atoms with E-state index in [1.54, 1.807) is 0 Å². The number of hydrogen-bond donors (Lipinski definition) is 1. The maximum atomic E-state index is 3.65. The van der Waals surface area contributed by atoms with Crippen molar-refractivity contribution in [3.05, 3.63) is 0 Å². The molecule has 1 atom stereocenters. The van der Waals surface area contributed by atoms with E-state index in [1.807, 2.05) is 0 Å². The van der Waals surface area contributed by atoms with Crippen LogP contribution in [-0.4, -0.2) is 55.2 Å². The van der Waals surface area contributed by atoms with E-state index in [0.29, 0.717) is 6.17 Å². The molecule has 0 rings (SSSR count). The van der Waals surface area contributed by atoms with E-state index in [-0.39, 0.29) is 0 Å². The van der Waals surface area contributed by atoms with Crippen LogP contribution in [0.25, 0.3) is 0 Å². The summed E-state index contributed by atoms with van der Waals surface area (Å²) in [5.41, 5.74) is 0. The van der Waals surface area contributed by atoms with Crippen molar-refractivity contribution in [3.8, 4) is 0 Å². The van der Waals surface area contributed by atoms with E-state index in [0.717, 1.165) is 19.6 Å². The molecule has 0 aliphatic rings. The lowest BCUT2D eigenvalue weighted by atomic mass is 10.2. The highest BCUT2D eigenvalue weighted by atomic mass is 15.3. The molecule has 0 saturated heterocycles. The normalized spacial score (nSPS) is 13.3. The van der Waals surface area contributed by atoms with Crippen LogP contribution < -0.4 is 5.32 Å². The molecule has 0 saturated carbocycles. The second-order valence-electron chi connectivity index (χ2n) is 5.75. The first-order valence-corrected chi connectivity index (χ1v) is 8.89. The van der Waals surface area contributed by atoms with Gasteiger partial charge in [-0.05, 0) is 65.5 Å². The molecular formula is C17H39N3. The highest BCUT2D eigenvalue weighted by Gasteiger charge is 2.09. The Morgan fingerprint density at radius 1 is 0.800 bits per heavy atom. The third-order valence-corrected chi connectivity index (χ3v) is 4.11. The lowest BCUT2D eigenvalue weighted by Gasteiger charge is -2.28. The van der Waals surface area contributed by atoms with Gasteiger partial charge in [-0.3, -0.25) is 4.90 Å². The average Bonchev–Trinajstić information content (AvgIpc) is 2.46. The second kappa shape index (κ2) is 13.8. The van der Waals surface area contributed by atoms with Crippen LogP contribution in [0.1, 0.15) is 66.7 Å². The third kappa shape index (κ3) is 9.73. The van der Waals surface area contributed by atoms with Crippen LogP contribution in [-0.2, 0) is 0 Å². The number of hydrogen-bond acceptors (Lipinski definition) is 3. The lowest BCUT2D eigenvalue weighted by Crippen LogP contribution is -2.44. The minimum absolute atomic E-state index is 0.504. The zero-order chi connectivity index (χ0) is 15.2. The molecule has 20 heavy (non-hydrogen) atoms. The summed E-state index contributed by atoms with van der Waals surface area (Å²) < 4.78 is 0. The summed E-state index contributed by atoms with van der Waals surface area (Å²) in [6, 6.07) is 0. The Labute approximate surface area is 128 Å². The monoisotopic (exact) mass is 285 g/mol. The Bertz CT molecular complexity index is 185. The Balaban J connectivity index is 3.80. The number of unbranched alkanes of at least 4 members (excludes halogenated alkanes) is 2. The Hall–Kier alpha value is -0.120. The summed E-state index contributed by atoms with van der Waals surface area (Å²) >= 11 is 0. The molecule has 0 fully saturated rings. The van der Waals surface area contributed by atoms with Crippen LogP contribution in [0.3, 0.4) is 0 Å². The molecule has 0 spiro atoms. The first kappa shape index (κ1) is 19.9. The van der Waals surface area contributed by atoms with Gasteiger partial charge in [0.25, 0.3) is 0 Å². The van der Waals surface area contributed by atoms with Gasteiger partial charge in [-0.25, -0.2) is 0 Å². The molecule has 0 aromatic carbocycles. The molecule has 1 unspecified atom stereocenters. The van der Waals surface area contributed by atoms with Crippen LogP contribution in [0.5, 0.6) is 0 Å². The molecule has 3 nitrogen and oxygen atoms in total. The molecule has 0 aromatic rings. The molecule has 122 valence electrons. The smallest absolute Gasteiger partial charge is 0.0567 e. The van der Waals surface area contributed by atoms with Gasteiger partial charge in [0.2, 0.25) is 0 Å². The van der Waals surface area contributed by atoms with E-state index in [1.165, 1.54) is 51.7 Å². The van der Waals surface area contributed by atoms with Crippen molar-refractivity contribution >= 4 is 0 Å². The van der Waals surface area contributed by atoms with Crippen LogP contribution in [0.15, 0.2) is 0 Å². The van der Waals surface area contributed by atoms with Crippen molar-refractivity contribution in [1.82, 2.24) is 15.1 Å². The van der Waals surface area contributed by atoms with Gasteiger partial charge in [0, 0.05) is 0 Å². The van der Waals surface area contributed by atoms with E-state index in [4.69, 9.17) is 0 Å². The minimum atomic E-state index is 0.504. The third-order valence-electron chi connectivity index (χ3n) is 4.11. The Kier molecular flexibility index (Phi) is 13.8. The molecule has 0 amide bonds. The standard InChI is InChI=1S/C17H39N3/c1-6-10-14-19(15-11-7-2)16-12-13-18-17(5)20(8-3)9-4/h17-18H,6-16H2,1-5H3. The van der Waals surface area contributed by atoms with Crippen molar-refractivity contribution in [2.75, 3.05) is 39.3 Å². The molecule has 0 radical (unpaired) electrons. The molecule has 0 heterocycles. The number of nitrogens with zero attached hydrogens (tertiary/aromatic N) is 2. The van der Waals surface area contributed by atoms with Gasteiger partial charge < -0.3 is 10.2 Å². The second-order valence-corrected chi connectivity index (χ2v) is 5.75. The van der Waals surface area contributed by atoms with Crippen LogP contribution >= 0.6 is 0 Å². The van der Waals surface area contributed by atoms with Gasteiger partial charge in [-0.15, -0.1) is 0 Å². The predicted octanol–water partition coefficient (Wildman–Crippen LogP) is 3.56. The first-order valence-electron chi connectivity index (χ1n) is 8.89. The number of rotatable bonds is 14. The number of nitrogens with one attached hydrogen (secondary N) is 1. The van der Waals surface area contributed by atoms with Crippen molar-refractivity contribution in [1.29, 1.82) is 0 Å². The Morgan fingerprint density at radius 3 is 1.75 bits per heavy atom. The van der Waals surface area contributed by atoms with Crippen LogP contribution in [0.4, 0.5) is 0 Å². The van der Waals surface area contributed by atoms with E-state index in [2.05, 4.69) is 49.7 Å². The van der Waals surface area contributed by atoms with Gasteiger partial charge >= 0.3 is 0 Å². The average molecular weight is 286 g/mol. The summed E-state index contributed by atoms with van der Waals surface area (Å²) in [6.07, 6.45) is 7.06. The van der Waals surface area contributed by atoms with E-state index in [9.17, 15) is 0 Å². The lowest BCUT2D eigenvalue weighted by molar-refractivity contribution is 0.192. The molecule has 0 aliphatic carbocycles. The summed E-state index contributed by atoms with van der Waals surface area (Å²) in [5.74, 6) is 0. The van der Waals surface area contributed by atoms with Gasteiger partial charge in [0.1, 0.15) is 0 Å². The van der Waals surface area contributed by atoms with Crippen molar-refractivity contribution in [2.45, 2.75) is 72.9 Å². The van der Waals surface area contributed by atoms with Crippen molar-refractivity contribution in [2.24, 2.45) is 0 Å². The fourth-order valence-corrected chi connectivity index (χ4v) is 2.61. The SMILES string of the molecule is CCCCN(CCCC)CCCNC(C)N(CC)CC. The topological polar surface area (TPSA) is 18.5 Å². The summed E-state index contributed by atoms with van der Waals surface area (Å²) in [6.45, 7) is 18.5. The molecule has 0 bridgehead atoms. The maximum absolute atomic E-state index is 3.65. The highest BCUT2D eigenvalue weighted by Crippen LogP contribution is 2.01. The molecular weight excluding hydrogens is 246 g/mol. The molecule has 0 aliphatic heterocycles. The van der Waals surface area contributed by atoms with Gasteiger partial charge in [-0.1, -0.05) is 40.5 Å². The predicted molar refractivity (Wildman–Crippen MR) is 91.3 cm³/mol. The highest BCUT2D eigenvalue weighted by molar-refractivity contribution is 4.64. The molecule has 3 heteroatoms. The van der Waals surface area contributed by atoms with Crippen molar-refractivity contribution in [3.63, 3.8) is 0 Å². The largest absolute Gasteiger partial charge is 0.303 e. The van der Waals surface area contributed by atoms with Gasteiger partial charge in [-0.2, -0.15) is 0 Å². The zero-order valence-electron chi connectivity index (χ0n) is 14.7. The zero-order valence-corrected chi connectivity index (χ0v) is 14.7.